The van der Waals surface area contributed by atoms with Crippen molar-refractivity contribution < 1.29 is 13.6 Å². The lowest BCUT2D eigenvalue weighted by molar-refractivity contribution is 0.0995. The first-order valence-electron chi connectivity index (χ1n) is 6.81. The summed E-state index contributed by atoms with van der Waals surface area (Å²) in [5.74, 6) is 0.591. The van der Waals surface area contributed by atoms with Gasteiger partial charge in [-0.15, -0.1) is 0 Å². The summed E-state index contributed by atoms with van der Waals surface area (Å²) >= 11 is 3.17. The molecular formula is C16H15BrN2O3. The van der Waals surface area contributed by atoms with E-state index < -0.39 is 0 Å². The Labute approximate surface area is 135 Å². The maximum Gasteiger partial charge on any atom is 0.291 e. The van der Waals surface area contributed by atoms with Gasteiger partial charge in [0.15, 0.2) is 16.0 Å². The van der Waals surface area contributed by atoms with Crippen molar-refractivity contribution in [2.75, 3.05) is 5.32 Å². The molecule has 0 spiro atoms. The van der Waals surface area contributed by atoms with Crippen molar-refractivity contribution in [3.8, 4) is 0 Å². The number of amides is 1. The standard InChI is InChI=1S/C16H15BrN2O3/c1-16(2,3)15-19-10-8-9(4-5-11(10)22-15)18-14(20)12-6-7-13(17)21-12/h4-8H,1-3H3,(H,18,20). The summed E-state index contributed by atoms with van der Waals surface area (Å²) in [6.07, 6.45) is 0. The van der Waals surface area contributed by atoms with Crippen LogP contribution < -0.4 is 5.32 Å². The highest BCUT2D eigenvalue weighted by atomic mass is 79.9. The zero-order valence-electron chi connectivity index (χ0n) is 12.4. The third-order valence-corrected chi connectivity index (χ3v) is 3.51. The van der Waals surface area contributed by atoms with Crippen molar-refractivity contribution in [1.29, 1.82) is 0 Å². The van der Waals surface area contributed by atoms with E-state index in [4.69, 9.17) is 8.83 Å². The predicted octanol–water partition coefficient (Wildman–Crippen LogP) is 4.73. The highest BCUT2D eigenvalue weighted by Crippen LogP contribution is 2.27. The molecule has 0 saturated carbocycles. The molecule has 3 rings (SSSR count). The van der Waals surface area contributed by atoms with Gasteiger partial charge in [-0.25, -0.2) is 4.98 Å². The smallest absolute Gasteiger partial charge is 0.291 e. The second kappa shape index (κ2) is 5.28. The topological polar surface area (TPSA) is 68.3 Å². The molecule has 1 aromatic carbocycles. The molecule has 114 valence electrons. The number of fused-ring (bicyclic) bond motifs is 1. The molecule has 0 unspecified atom stereocenters. The Morgan fingerprint density at radius 2 is 1.95 bits per heavy atom. The van der Waals surface area contributed by atoms with E-state index in [1.54, 1.807) is 30.3 Å². The van der Waals surface area contributed by atoms with Crippen LogP contribution >= 0.6 is 15.9 Å². The van der Waals surface area contributed by atoms with Gasteiger partial charge in [-0.3, -0.25) is 4.79 Å². The van der Waals surface area contributed by atoms with Gasteiger partial charge in [0.2, 0.25) is 5.89 Å². The number of aromatic nitrogens is 1. The highest BCUT2D eigenvalue weighted by molar-refractivity contribution is 9.10. The first-order chi connectivity index (χ1) is 10.3. The van der Waals surface area contributed by atoms with Crippen LogP contribution in [-0.4, -0.2) is 10.9 Å². The van der Waals surface area contributed by atoms with Crippen LogP contribution in [0.3, 0.4) is 0 Å². The third kappa shape index (κ3) is 2.92. The van der Waals surface area contributed by atoms with Crippen molar-refractivity contribution in [2.45, 2.75) is 26.2 Å². The fraction of sp³-hybridized carbons (Fsp3) is 0.250. The van der Waals surface area contributed by atoms with Gasteiger partial charge < -0.3 is 14.2 Å². The predicted molar refractivity (Wildman–Crippen MR) is 87.1 cm³/mol. The molecule has 0 saturated heterocycles. The van der Waals surface area contributed by atoms with Crippen LogP contribution in [0.25, 0.3) is 11.1 Å². The van der Waals surface area contributed by atoms with Crippen molar-refractivity contribution in [2.24, 2.45) is 0 Å². The molecule has 0 atom stereocenters. The lowest BCUT2D eigenvalue weighted by atomic mass is 9.97. The van der Waals surface area contributed by atoms with Crippen LogP contribution in [0.2, 0.25) is 0 Å². The van der Waals surface area contributed by atoms with Crippen molar-refractivity contribution >= 4 is 38.6 Å². The average Bonchev–Trinajstić information content (AvgIpc) is 3.03. The Morgan fingerprint density at radius 3 is 2.59 bits per heavy atom. The molecule has 0 aliphatic rings. The van der Waals surface area contributed by atoms with E-state index in [2.05, 4.69) is 26.2 Å². The highest BCUT2D eigenvalue weighted by Gasteiger charge is 2.21. The summed E-state index contributed by atoms with van der Waals surface area (Å²) in [6.45, 7) is 6.11. The van der Waals surface area contributed by atoms with Crippen LogP contribution in [0, 0.1) is 0 Å². The molecule has 0 aliphatic heterocycles. The first-order valence-corrected chi connectivity index (χ1v) is 7.60. The summed E-state index contributed by atoms with van der Waals surface area (Å²) in [6, 6.07) is 8.63. The van der Waals surface area contributed by atoms with Gasteiger partial charge in [0.1, 0.15) is 5.52 Å². The number of carbonyl (C=O) groups excluding carboxylic acids is 1. The molecule has 5 nitrogen and oxygen atoms in total. The number of furan rings is 1. The monoisotopic (exact) mass is 362 g/mol. The second-order valence-corrected chi connectivity index (χ2v) is 6.79. The van der Waals surface area contributed by atoms with Crippen LogP contribution in [0.15, 0.2) is 43.8 Å². The fourth-order valence-corrected chi connectivity index (χ4v) is 2.26. The zero-order chi connectivity index (χ0) is 15.9. The van der Waals surface area contributed by atoms with E-state index in [-0.39, 0.29) is 17.1 Å². The largest absolute Gasteiger partial charge is 0.444 e. The van der Waals surface area contributed by atoms with E-state index in [1.807, 2.05) is 20.8 Å². The zero-order valence-corrected chi connectivity index (χ0v) is 14.0. The van der Waals surface area contributed by atoms with Gasteiger partial charge in [-0.05, 0) is 46.3 Å². The maximum absolute atomic E-state index is 12.1. The maximum atomic E-state index is 12.1. The first kappa shape index (κ1) is 14.8. The van der Waals surface area contributed by atoms with Crippen molar-refractivity contribution in [3.63, 3.8) is 0 Å². The van der Waals surface area contributed by atoms with Crippen molar-refractivity contribution in [1.82, 2.24) is 4.98 Å². The number of halogens is 1. The van der Waals surface area contributed by atoms with E-state index in [9.17, 15) is 4.79 Å². The lowest BCUT2D eigenvalue weighted by Gasteiger charge is -2.11. The molecule has 22 heavy (non-hydrogen) atoms. The van der Waals surface area contributed by atoms with Gasteiger partial charge >= 0.3 is 0 Å². The summed E-state index contributed by atoms with van der Waals surface area (Å²) < 4.78 is 11.5. The van der Waals surface area contributed by atoms with E-state index in [1.165, 1.54) is 0 Å². The molecule has 0 aliphatic carbocycles. The van der Waals surface area contributed by atoms with Gasteiger partial charge in [0.25, 0.3) is 5.91 Å². The number of anilines is 1. The number of carbonyl (C=O) groups is 1. The number of nitrogens with one attached hydrogen (secondary N) is 1. The lowest BCUT2D eigenvalue weighted by Crippen LogP contribution is -2.11. The molecular weight excluding hydrogens is 348 g/mol. The normalized spacial score (nSPS) is 11.8. The summed E-state index contributed by atoms with van der Waals surface area (Å²) in [5, 5.41) is 2.78. The number of nitrogens with zero attached hydrogens (tertiary/aromatic N) is 1. The average molecular weight is 363 g/mol. The molecule has 2 heterocycles. The summed E-state index contributed by atoms with van der Waals surface area (Å²) in [7, 11) is 0. The molecule has 1 amide bonds. The number of benzene rings is 1. The van der Waals surface area contributed by atoms with Gasteiger partial charge in [-0.1, -0.05) is 20.8 Å². The van der Waals surface area contributed by atoms with Crippen LogP contribution in [0.1, 0.15) is 37.2 Å². The SMILES string of the molecule is CC(C)(C)c1nc2cc(NC(=O)c3ccc(Br)o3)ccc2o1. The van der Waals surface area contributed by atoms with Crippen LogP contribution in [0.4, 0.5) is 5.69 Å². The van der Waals surface area contributed by atoms with E-state index >= 15 is 0 Å². The molecule has 3 aromatic rings. The van der Waals surface area contributed by atoms with E-state index in [0.29, 0.717) is 27.3 Å². The second-order valence-electron chi connectivity index (χ2n) is 6.01. The number of hydrogen-bond acceptors (Lipinski definition) is 4. The van der Waals surface area contributed by atoms with E-state index in [0.717, 1.165) is 0 Å². The molecule has 1 N–H and O–H groups in total. The number of hydrogen-bond donors (Lipinski definition) is 1. The molecule has 6 heteroatoms. The molecule has 2 aromatic heterocycles. The van der Waals surface area contributed by atoms with Gasteiger partial charge in [-0.2, -0.15) is 0 Å². The third-order valence-electron chi connectivity index (χ3n) is 3.08. The molecule has 0 radical (unpaired) electrons. The summed E-state index contributed by atoms with van der Waals surface area (Å²) in [4.78, 5) is 16.5. The Kier molecular flexibility index (Phi) is 3.56. The number of rotatable bonds is 2. The van der Waals surface area contributed by atoms with Crippen molar-refractivity contribution in [3.05, 3.63) is 46.7 Å². The summed E-state index contributed by atoms with van der Waals surface area (Å²) in [5.41, 5.74) is 1.88. The molecule has 0 fully saturated rings. The Bertz CT molecular complexity index is 843. The van der Waals surface area contributed by atoms with Gasteiger partial charge in [0.05, 0.1) is 0 Å². The minimum Gasteiger partial charge on any atom is -0.444 e. The molecule has 0 bridgehead atoms. The quantitative estimate of drug-likeness (QED) is 0.715. The minimum atomic E-state index is -0.315. The Hall–Kier alpha value is -2.08. The van der Waals surface area contributed by atoms with Gasteiger partial charge in [0, 0.05) is 11.1 Å². The Morgan fingerprint density at radius 1 is 1.18 bits per heavy atom. The van der Waals surface area contributed by atoms with Crippen LogP contribution in [-0.2, 0) is 5.41 Å². The number of oxazole rings is 1. The minimum absolute atomic E-state index is 0.164. The Balaban J connectivity index is 1.87. The van der Waals surface area contributed by atoms with Crippen LogP contribution in [0.5, 0.6) is 0 Å². The fourth-order valence-electron chi connectivity index (χ4n) is 1.96.